The van der Waals surface area contributed by atoms with Crippen LogP contribution in [0.4, 0.5) is 4.39 Å². The van der Waals surface area contributed by atoms with Gasteiger partial charge < -0.3 is 10.3 Å². The molecule has 0 aliphatic carbocycles. The minimum Gasteiger partial charge on any atom is -0.361 e. The molecule has 5 rings (SSSR count). The van der Waals surface area contributed by atoms with E-state index < -0.39 is 11.5 Å². The van der Waals surface area contributed by atoms with Gasteiger partial charge in [0.15, 0.2) is 4.96 Å². The van der Waals surface area contributed by atoms with E-state index in [0.717, 1.165) is 26.9 Å². The number of H-pyrrole nitrogens is 1. The fourth-order valence-electron chi connectivity index (χ4n) is 3.73. The van der Waals surface area contributed by atoms with Crippen LogP contribution in [0.3, 0.4) is 0 Å². The van der Waals surface area contributed by atoms with Crippen LogP contribution in [-0.2, 0) is 12.8 Å². The summed E-state index contributed by atoms with van der Waals surface area (Å²) in [6.45, 7) is 0.313. The van der Waals surface area contributed by atoms with E-state index in [0.29, 0.717) is 24.3 Å². The van der Waals surface area contributed by atoms with Gasteiger partial charge in [-0.05, 0) is 35.7 Å². The van der Waals surface area contributed by atoms with Gasteiger partial charge in [0.25, 0.3) is 11.5 Å². The highest BCUT2D eigenvalue weighted by molar-refractivity contribution is 7.17. The number of hydrogen-bond donors (Lipinski definition) is 2. The number of fused-ring (bicyclic) bond motifs is 2. The number of aromatic amines is 1. The van der Waals surface area contributed by atoms with Gasteiger partial charge in [0.05, 0.1) is 0 Å². The maximum atomic E-state index is 13.5. The van der Waals surface area contributed by atoms with Crippen LogP contribution in [0.2, 0.25) is 0 Å². The van der Waals surface area contributed by atoms with Gasteiger partial charge in [-0.15, -0.1) is 11.3 Å². The van der Waals surface area contributed by atoms with Gasteiger partial charge in [0.2, 0.25) is 0 Å². The highest BCUT2D eigenvalue weighted by Crippen LogP contribution is 2.20. The average molecular weight is 447 g/mol. The maximum Gasteiger partial charge on any atom is 0.271 e. The van der Waals surface area contributed by atoms with Gasteiger partial charge in [-0.1, -0.05) is 30.3 Å². The molecule has 2 N–H and O–H groups in total. The molecule has 0 fully saturated rings. The van der Waals surface area contributed by atoms with Crippen LogP contribution in [0.1, 0.15) is 26.4 Å². The molecule has 0 aliphatic rings. The fraction of sp³-hybridized carbons (Fsp3) is 0.125. The van der Waals surface area contributed by atoms with Crippen molar-refractivity contribution in [2.75, 3.05) is 6.54 Å². The largest absolute Gasteiger partial charge is 0.361 e. The monoisotopic (exact) mass is 446 g/mol. The molecule has 0 spiro atoms. The number of thiazole rings is 1. The van der Waals surface area contributed by atoms with Crippen molar-refractivity contribution in [3.63, 3.8) is 0 Å². The van der Waals surface area contributed by atoms with E-state index in [1.165, 1.54) is 34.1 Å². The number of amides is 1. The van der Waals surface area contributed by atoms with Crippen LogP contribution in [0.25, 0.3) is 15.9 Å². The number of halogens is 1. The van der Waals surface area contributed by atoms with E-state index in [-0.39, 0.29) is 11.4 Å². The van der Waals surface area contributed by atoms with Gasteiger partial charge >= 0.3 is 0 Å². The molecule has 0 bridgehead atoms. The number of carbonyl (C=O) groups excluding carboxylic acids is 1. The summed E-state index contributed by atoms with van der Waals surface area (Å²) < 4.78 is 15.0. The van der Waals surface area contributed by atoms with Crippen molar-refractivity contribution >= 4 is 33.1 Å². The Morgan fingerprint density at radius 2 is 2.03 bits per heavy atom. The van der Waals surface area contributed by atoms with Crippen molar-refractivity contribution in [3.05, 3.63) is 105 Å². The summed E-state index contributed by atoms with van der Waals surface area (Å²) in [6.07, 6.45) is 6.09. The van der Waals surface area contributed by atoms with Crippen molar-refractivity contribution in [1.82, 2.24) is 19.7 Å². The lowest BCUT2D eigenvalue weighted by Gasteiger charge is -2.05. The second-order valence-corrected chi connectivity index (χ2v) is 8.59. The van der Waals surface area contributed by atoms with Gasteiger partial charge in [-0.3, -0.25) is 14.0 Å². The topological polar surface area (TPSA) is 79.3 Å². The Bertz CT molecular complexity index is 1490. The Balaban J connectivity index is 1.30. The molecule has 3 aromatic heterocycles. The van der Waals surface area contributed by atoms with Crippen molar-refractivity contribution in [2.45, 2.75) is 12.8 Å². The molecular weight excluding hydrogens is 427 g/mol. The normalized spacial score (nSPS) is 11.3. The van der Waals surface area contributed by atoms with E-state index in [1.54, 1.807) is 18.5 Å². The molecule has 160 valence electrons. The first-order chi connectivity index (χ1) is 15.6. The predicted molar refractivity (Wildman–Crippen MR) is 123 cm³/mol. The molecule has 5 aromatic rings. The van der Waals surface area contributed by atoms with Crippen molar-refractivity contribution in [3.8, 4) is 0 Å². The SMILES string of the molecule is O=C(NCCc1c[nH]c2ccc(F)cc12)c1cnc2sc(Cc3ccccc3)cn2c1=O. The molecular formula is C24H19FN4O2S. The minimum atomic E-state index is -0.473. The molecule has 0 aliphatic heterocycles. The number of nitrogens with zero attached hydrogens (tertiary/aromatic N) is 2. The molecule has 0 unspecified atom stereocenters. The van der Waals surface area contributed by atoms with Crippen molar-refractivity contribution < 1.29 is 9.18 Å². The second-order valence-electron chi connectivity index (χ2n) is 7.50. The van der Waals surface area contributed by atoms with E-state index in [1.807, 2.05) is 30.3 Å². The van der Waals surface area contributed by atoms with Crippen LogP contribution in [0, 0.1) is 5.82 Å². The summed E-state index contributed by atoms with van der Waals surface area (Å²) in [7, 11) is 0. The van der Waals surface area contributed by atoms with Crippen LogP contribution in [-0.4, -0.2) is 26.8 Å². The summed E-state index contributed by atoms with van der Waals surface area (Å²) in [6, 6.07) is 14.5. The first-order valence-corrected chi connectivity index (χ1v) is 11.0. The number of hydrogen-bond acceptors (Lipinski definition) is 4. The lowest BCUT2D eigenvalue weighted by Crippen LogP contribution is -2.32. The van der Waals surface area contributed by atoms with Gasteiger partial charge in [0.1, 0.15) is 11.4 Å². The second kappa shape index (κ2) is 8.39. The Morgan fingerprint density at radius 1 is 1.19 bits per heavy atom. The summed E-state index contributed by atoms with van der Waals surface area (Å²) in [5.41, 5.74) is 2.48. The molecule has 2 aromatic carbocycles. The molecule has 0 radical (unpaired) electrons. The van der Waals surface area contributed by atoms with Gasteiger partial charge in [-0.2, -0.15) is 0 Å². The maximum absolute atomic E-state index is 13.5. The third kappa shape index (κ3) is 3.92. The zero-order valence-corrected chi connectivity index (χ0v) is 17.8. The number of carbonyl (C=O) groups is 1. The molecule has 3 heterocycles. The Hall–Kier alpha value is -3.78. The summed E-state index contributed by atoms with van der Waals surface area (Å²) in [4.78, 5) is 34.4. The number of nitrogens with one attached hydrogen (secondary N) is 2. The third-order valence-electron chi connectivity index (χ3n) is 5.33. The lowest BCUT2D eigenvalue weighted by atomic mass is 10.1. The third-order valence-corrected chi connectivity index (χ3v) is 6.33. The predicted octanol–water partition coefficient (Wildman–Crippen LogP) is 3.94. The van der Waals surface area contributed by atoms with E-state index in [4.69, 9.17) is 0 Å². The first kappa shape index (κ1) is 20.1. The number of aromatic nitrogens is 3. The van der Waals surface area contributed by atoms with Crippen LogP contribution in [0.15, 0.2) is 71.9 Å². The molecule has 0 saturated carbocycles. The minimum absolute atomic E-state index is 0.00321. The first-order valence-electron chi connectivity index (χ1n) is 10.2. The summed E-state index contributed by atoms with van der Waals surface area (Å²) in [5.74, 6) is -0.782. The molecule has 6 nitrogen and oxygen atoms in total. The smallest absolute Gasteiger partial charge is 0.271 e. The molecule has 0 saturated heterocycles. The number of rotatable bonds is 6. The van der Waals surface area contributed by atoms with Crippen molar-refractivity contribution in [1.29, 1.82) is 0 Å². The molecule has 8 heteroatoms. The zero-order chi connectivity index (χ0) is 22.1. The zero-order valence-electron chi connectivity index (χ0n) is 17.0. The molecule has 0 atom stereocenters. The summed E-state index contributed by atoms with van der Waals surface area (Å²) in [5, 5.41) is 3.56. The average Bonchev–Trinajstić information content (AvgIpc) is 3.38. The van der Waals surface area contributed by atoms with Crippen LogP contribution >= 0.6 is 11.3 Å². The van der Waals surface area contributed by atoms with E-state index >= 15 is 0 Å². The van der Waals surface area contributed by atoms with E-state index in [2.05, 4.69) is 15.3 Å². The van der Waals surface area contributed by atoms with Crippen LogP contribution in [0.5, 0.6) is 0 Å². The quantitative estimate of drug-likeness (QED) is 0.415. The van der Waals surface area contributed by atoms with E-state index in [9.17, 15) is 14.0 Å². The number of benzene rings is 2. The highest BCUT2D eigenvalue weighted by Gasteiger charge is 2.15. The Morgan fingerprint density at radius 3 is 2.88 bits per heavy atom. The van der Waals surface area contributed by atoms with Crippen LogP contribution < -0.4 is 10.9 Å². The van der Waals surface area contributed by atoms with Crippen molar-refractivity contribution in [2.24, 2.45) is 0 Å². The lowest BCUT2D eigenvalue weighted by molar-refractivity contribution is 0.0952. The summed E-state index contributed by atoms with van der Waals surface area (Å²) >= 11 is 1.43. The Kier molecular flexibility index (Phi) is 5.28. The molecule has 32 heavy (non-hydrogen) atoms. The van der Waals surface area contributed by atoms with Gasteiger partial charge in [-0.25, -0.2) is 9.37 Å². The van der Waals surface area contributed by atoms with Gasteiger partial charge in [0, 0.05) is 47.3 Å². The highest BCUT2D eigenvalue weighted by atomic mass is 32.1. The Labute approximate surface area is 186 Å². The fourth-order valence-corrected chi connectivity index (χ4v) is 4.70. The standard InChI is InChI=1S/C24H19FN4O2S/c25-17-6-7-21-19(11-17)16(12-27-21)8-9-26-22(30)20-13-28-24-29(23(20)31)14-18(32-24)10-15-4-2-1-3-5-15/h1-7,11-14,27H,8-10H2,(H,26,30). The molecule has 1 amide bonds.